The van der Waals surface area contributed by atoms with Crippen molar-refractivity contribution in [2.75, 3.05) is 39.5 Å². The van der Waals surface area contributed by atoms with Crippen molar-refractivity contribution in [2.45, 2.75) is 13.3 Å². The van der Waals surface area contributed by atoms with Crippen LogP contribution in [0.15, 0.2) is 12.2 Å². The number of hydrogen-bond acceptors (Lipinski definition) is 4. The average Bonchev–Trinajstić information content (AvgIpc) is 2.47. The maximum atomic E-state index is 11.0. The van der Waals surface area contributed by atoms with Crippen LogP contribution in [-0.2, 0) is 14.3 Å². The summed E-state index contributed by atoms with van der Waals surface area (Å²) in [5.74, 6) is -0.261. The summed E-state index contributed by atoms with van der Waals surface area (Å²) in [4.78, 5) is 13.3. The predicted octanol–water partition coefficient (Wildman–Crippen LogP) is 0.828. The minimum absolute atomic E-state index is 0.261. The van der Waals surface area contributed by atoms with Gasteiger partial charge >= 0.3 is 5.97 Å². The molecule has 0 N–H and O–H groups in total. The van der Waals surface area contributed by atoms with E-state index in [-0.39, 0.29) is 5.97 Å². The molecule has 1 fully saturated rings. The minimum atomic E-state index is -0.261. The summed E-state index contributed by atoms with van der Waals surface area (Å²) in [7, 11) is 0. The maximum absolute atomic E-state index is 11.0. The van der Waals surface area contributed by atoms with E-state index < -0.39 is 0 Å². The molecule has 0 amide bonds. The standard InChI is InChI=1S/C11H19NO3/c1-2-15-11(13)5-3-6-12-7-4-9-14-10-8-12/h3,5H,2,4,6-10H2,1H3/b5-3+. The highest BCUT2D eigenvalue weighted by Crippen LogP contribution is 1.98. The molecule has 1 aliphatic heterocycles. The van der Waals surface area contributed by atoms with Gasteiger partial charge < -0.3 is 9.47 Å². The Hall–Kier alpha value is -0.870. The summed E-state index contributed by atoms with van der Waals surface area (Å²) in [5.41, 5.74) is 0. The molecular weight excluding hydrogens is 194 g/mol. The Labute approximate surface area is 90.8 Å². The molecular formula is C11H19NO3. The van der Waals surface area contributed by atoms with Gasteiger partial charge in [-0.3, -0.25) is 4.90 Å². The van der Waals surface area contributed by atoms with E-state index in [2.05, 4.69) is 4.90 Å². The van der Waals surface area contributed by atoms with Crippen LogP contribution in [0.4, 0.5) is 0 Å². The van der Waals surface area contributed by atoms with Crippen molar-refractivity contribution < 1.29 is 14.3 Å². The molecule has 4 nitrogen and oxygen atoms in total. The van der Waals surface area contributed by atoms with Gasteiger partial charge in [-0.05, 0) is 13.3 Å². The molecule has 0 saturated carbocycles. The normalized spacial score (nSPS) is 19.0. The van der Waals surface area contributed by atoms with Crippen LogP contribution in [0, 0.1) is 0 Å². The van der Waals surface area contributed by atoms with Gasteiger partial charge in [-0.15, -0.1) is 0 Å². The Morgan fingerprint density at radius 1 is 1.47 bits per heavy atom. The van der Waals surface area contributed by atoms with Crippen LogP contribution in [-0.4, -0.2) is 50.3 Å². The maximum Gasteiger partial charge on any atom is 0.330 e. The third kappa shape index (κ3) is 5.54. The van der Waals surface area contributed by atoms with E-state index in [1.807, 2.05) is 6.08 Å². The van der Waals surface area contributed by atoms with Gasteiger partial charge in [0, 0.05) is 32.3 Å². The lowest BCUT2D eigenvalue weighted by Gasteiger charge is -2.15. The molecule has 1 heterocycles. The number of carbonyl (C=O) groups is 1. The van der Waals surface area contributed by atoms with Gasteiger partial charge in [0.2, 0.25) is 0 Å². The van der Waals surface area contributed by atoms with Crippen molar-refractivity contribution >= 4 is 5.97 Å². The fraction of sp³-hybridized carbons (Fsp3) is 0.727. The summed E-state index contributed by atoms with van der Waals surface area (Å²) in [6, 6.07) is 0. The zero-order valence-corrected chi connectivity index (χ0v) is 9.28. The Bertz CT molecular complexity index is 208. The van der Waals surface area contributed by atoms with E-state index in [1.54, 1.807) is 6.92 Å². The Balaban J connectivity index is 2.19. The first-order chi connectivity index (χ1) is 7.33. The molecule has 0 aliphatic carbocycles. The number of carbonyl (C=O) groups excluding carboxylic acids is 1. The fourth-order valence-electron chi connectivity index (χ4n) is 1.47. The van der Waals surface area contributed by atoms with Crippen LogP contribution in [0.3, 0.4) is 0 Å². The number of hydrogen-bond donors (Lipinski definition) is 0. The molecule has 0 spiro atoms. The molecule has 86 valence electrons. The predicted molar refractivity (Wildman–Crippen MR) is 57.6 cm³/mol. The van der Waals surface area contributed by atoms with E-state index in [0.717, 1.165) is 39.3 Å². The summed E-state index contributed by atoms with van der Waals surface area (Å²) < 4.78 is 10.1. The van der Waals surface area contributed by atoms with Crippen LogP contribution >= 0.6 is 0 Å². The van der Waals surface area contributed by atoms with E-state index in [9.17, 15) is 4.79 Å². The second-order valence-electron chi connectivity index (χ2n) is 3.42. The van der Waals surface area contributed by atoms with Gasteiger partial charge in [0.25, 0.3) is 0 Å². The molecule has 0 radical (unpaired) electrons. The smallest absolute Gasteiger partial charge is 0.330 e. The van der Waals surface area contributed by atoms with Crippen LogP contribution in [0.1, 0.15) is 13.3 Å². The lowest BCUT2D eigenvalue weighted by Crippen LogP contribution is -2.26. The topological polar surface area (TPSA) is 38.8 Å². The van der Waals surface area contributed by atoms with Crippen molar-refractivity contribution in [1.82, 2.24) is 4.90 Å². The van der Waals surface area contributed by atoms with Gasteiger partial charge in [0.05, 0.1) is 13.2 Å². The summed E-state index contributed by atoms with van der Waals surface area (Å²) in [6.07, 6.45) is 4.41. The molecule has 15 heavy (non-hydrogen) atoms. The van der Waals surface area contributed by atoms with Gasteiger partial charge in [-0.2, -0.15) is 0 Å². The quantitative estimate of drug-likeness (QED) is 0.512. The van der Waals surface area contributed by atoms with Crippen molar-refractivity contribution in [3.63, 3.8) is 0 Å². The highest BCUT2D eigenvalue weighted by atomic mass is 16.5. The molecule has 1 rings (SSSR count). The molecule has 0 aromatic rings. The monoisotopic (exact) mass is 213 g/mol. The number of esters is 1. The summed E-state index contributed by atoms with van der Waals surface area (Å²) >= 11 is 0. The van der Waals surface area contributed by atoms with Crippen LogP contribution in [0.5, 0.6) is 0 Å². The largest absolute Gasteiger partial charge is 0.463 e. The van der Waals surface area contributed by atoms with Crippen molar-refractivity contribution in [2.24, 2.45) is 0 Å². The number of nitrogens with zero attached hydrogens (tertiary/aromatic N) is 1. The summed E-state index contributed by atoms with van der Waals surface area (Å²) in [5, 5.41) is 0. The molecule has 4 heteroatoms. The van der Waals surface area contributed by atoms with E-state index in [1.165, 1.54) is 6.08 Å². The minimum Gasteiger partial charge on any atom is -0.463 e. The van der Waals surface area contributed by atoms with Gasteiger partial charge in [-0.1, -0.05) is 6.08 Å². The highest BCUT2D eigenvalue weighted by Gasteiger charge is 2.06. The molecule has 0 aromatic heterocycles. The van der Waals surface area contributed by atoms with E-state index in [4.69, 9.17) is 9.47 Å². The zero-order valence-electron chi connectivity index (χ0n) is 9.28. The first kappa shape index (κ1) is 12.2. The summed E-state index contributed by atoms with van der Waals surface area (Å²) in [6.45, 7) is 6.63. The lowest BCUT2D eigenvalue weighted by atomic mass is 10.4. The fourth-order valence-corrected chi connectivity index (χ4v) is 1.47. The average molecular weight is 213 g/mol. The van der Waals surface area contributed by atoms with Gasteiger partial charge in [-0.25, -0.2) is 4.79 Å². The van der Waals surface area contributed by atoms with Crippen molar-refractivity contribution in [3.05, 3.63) is 12.2 Å². The van der Waals surface area contributed by atoms with E-state index >= 15 is 0 Å². The Morgan fingerprint density at radius 2 is 2.33 bits per heavy atom. The first-order valence-electron chi connectivity index (χ1n) is 5.46. The SMILES string of the molecule is CCOC(=O)/C=C/CN1CCCOCC1. The third-order valence-electron chi connectivity index (χ3n) is 2.22. The Morgan fingerprint density at radius 3 is 3.13 bits per heavy atom. The molecule has 0 aromatic carbocycles. The highest BCUT2D eigenvalue weighted by molar-refractivity contribution is 5.81. The second kappa shape index (κ2) is 7.43. The first-order valence-corrected chi connectivity index (χ1v) is 5.46. The van der Waals surface area contributed by atoms with E-state index in [0.29, 0.717) is 6.61 Å². The second-order valence-corrected chi connectivity index (χ2v) is 3.42. The van der Waals surface area contributed by atoms with Crippen molar-refractivity contribution in [3.8, 4) is 0 Å². The van der Waals surface area contributed by atoms with Crippen LogP contribution in [0.25, 0.3) is 0 Å². The van der Waals surface area contributed by atoms with Gasteiger partial charge in [0.1, 0.15) is 0 Å². The number of rotatable bonds is 4. The van der Waals surface area contributed by atoms with Crippen LogP contribution in [0.2, 0.25) is 0 Å². The molecule has 1 aliphatic rings. The number of ether oxygens (including phenoxy) is 2. The molecule has 0 unspecified atom stereocenters. The molecule has 1 saturated heterocycles. The van der Waals surface area contributed by atoms with Crippen LogP contribution < -0.4 is 0 Å². The third-order valence-corrected chi connectivity index (χ3v) is 2.22. The Kier molecular flexibility index (Phi) is 6.04. The lowest BCUT2D eigenvalue weighted by molar-refractivity contribution is -0.137. The molecule has 0 bridgehead atoms. The van der Waals surface area contributed by atoms with Gasteiger partial charge in [0.15, 0.2) is 0 Å². The zero-order chi connectivity index (χ0) is 10.9. The van der Waals surface area contributed by atoms with Crippen molar-refractivity contribution in [1.29, 1.82) is 0 Å². The molecule has 0 atom stereocenters.